The van der Waals surface area contributed by atoms with Gasteiger partial charge < -0.3 is 15.2 Å². The molecule has 4 nitrogen and oxygen atoms in total. The Morgan fingerprint density at radius 2 is 2.16 bits per heavy atom. The summed E-state index contributed by atoms with van der Waals surface area (Å²) in [6.07, 6.45) is 0.628. The standard InChI is InChI=1S/C14H17NO3S/c16-7-3-8-18-9-6-15-14(17)12-10-19-13-5-2-1-4-11(12)13/h1-2,4-5,10,16H,3,6-9H2,(H,15,17). The summed E-state index contributed by atoms with van der Waals surface area (Å²) in [6, 6.07) is 7.87. The maximum atomic E-state index is 12.0. The van der Waals surface area contributed by atoms with Gasteiger partial charge in [0.15, 0.2) is 0 Å². The first-order chi connectivity index (χ1) is 9.33. The predicted molar refractivity (Wildman–Crippen MR) is 76.7 cm³/mol. The lowest BCUT2D eigenvalue weighted by molar-refractivity contribution is 0.0900. The number of amides is 1. The highest BCUT2D eigenvalue weighted by Gasteiger charge is 2.10. The van der Waals surface area contributed by atoms with E-state index in [0.29, 0.717) is 26.2 Å². The lowest BCUT2D eigenvalue weighted by Gasteiger charge is -2.05. The van der Waals surface area contributed by atoms with E-state index in [1.807, 2.05) is 29.6 Å². The van der Waals surface area contributed by atoms with Crippen molar-refractivity contribution in [1.82, 2.24) is 5.32 Å². The zero-order valence-electron chi connectivity index (χ0n) is 10.6. The van der Waals surface area contributed by atoms with Gasteiger partial charge in [-0.1, -0.05) is 18.2 Å². The minimum Gasteiger partial charge on any atom is -0.396 e. The number of carbonyl (C=O) groups is 1. The summed E-state index contributed by atoms with van der Waals surface area (Å²) < 4.78 is 6.37. The molecule has 0 aliphatic carbocycles. The molecule has 5 heteroatoms. The van der Waals surface area contributed by atoms with Crippen LogP contribution in [0.1, 0.15) is 16.8 Å². The number of hydrogen-bond donors (Lipinski definition) is 2. The summed E-state index contributed by atoms with van der Waals surface area (Å²) in [5.74, 6) is -0.0665. The van der Waals surface area contributed by atoms with Crippen molar-refractivity contribution in [3.8, 4) is 0 Å². The molecule has 0 atom stereocenters. The van der Waals surface area contributed by atoms with E-state index in [0.717, 1.165) is 15.6 Å². The van der Waals surface area contributed by atoms with Crippen LogP contribution in [0, 0.1) is 0 Å². The van der Waals surface area contributed by atoms with Gasteiger partial charge in [-0.25, -0.2) is 0 Å². The zero-order valence-corrected chi connectivity index (χ0v) is 11.4. The first-order valence-electron chi connectivity index (χ1n) is 6.26. The molecule has 0 radical (unpaired) electrons. The van der Waals surface area contributed by atoms with Crippen LogP contribution in [0.3, 0.4) is 0 Å². The molecule has 0 aliphatic heterocycles. The first-order valence-corrected chi connectivity index (χ1v) is 7.14. The number of hydrogen-bond acceptors (Lipinski definition) is 4. The van der Waals surface area contributed by atoms with Gasteiger partial charge in [-0.2, -0.15) is 0 Å². The van der Waals surface area contributed by atoms with Crippen LogP contribution >= 0.6 is 11.3 Å². The molecule has 1 heterocycles. The number of ether oxygens (including phenoxy) is 1. The van der Waals surface area contributed by atoms with Gasteiger partial charge in [0.05, 0.1) is 12.2 Å². The number of aliphatic hydroxyl groups is 1. The zero-order chi connectivity index (χ0) is 13.5. The number of thiophene rings is 1. The van der Waals surface area contributed by atoms with Crippen LogP contribution in [0.5, 0.6) is 0 Å². The highest BCUT2D eigenvalue weighted by Crippen LogP contribution is 2.25. The molecule has 0 unspecified atom stereocenters. The molecule has 2 N–H and O–H groups in total. The first kappa shape index (κ1) is 14.0. The van der Waals surface area contributed by atoms with Crippen LogP contribution in [0.2, 0.25) is 0 Å². The third kappa shape index (κ3) is 3.76. The molecule has 1 aromatic carbocycles. The molecule has 2 aromatic rings. The number of nitrogens with one attached hydrogen (secondary N) is 1. The molecule has 0 bridgehead atoms. The minimum absolute atomic E-state index is 0.0665. The van der Waals surface area contributed by atoms with Crippen molar-refractivity contribution >= 4 is 27.3 Å². The molecule has 0 aliphatic rings. The van der Waals surface area contributed by atoms with E-state index in [-0.39, 0.29) is 12.5 Å². The van der Waals surface area contributed by atoms with Crippen LogP contribution in [0.25, 0.3) is 10.1 Å². The number of rotatable bonds is 7. The van der Waals surface area contributed by atoms with Crippen molar-refractivity contribution < 1.29 is 14.6 Å². The van der Waals surface area contributed by atoms with Crippen molar-refractivity contribution in [2.75, 3.05) is 26.4 Å². The van der Waals surface area contributed by atoms with Crippen molar-refractivity contribution in [2.24, 2.45) is 0 Å². The molecule has 1 amide bonds. The fourth-order valence-corrected chi connectivity index (χ4v) is 2.70. The van der Waals surface area contributed by atoms with E-state index < -0.39 is 0 Å². The molecular weight excluding hydrogens is 262 g/mol. The summed E-state index contributed by atoms with van der Waals surface area (Å²) in [4.78, 5) is 12.0. The van der Waals surface area contributed by atoms with Gasteiger partial charge >= 0.3 is 0 Å². The van der Waals surface area contributed by atoms with Crippen molar-refractivity contribution in [1.29, 1.82) is 0 Å². The average Bonchev–Trinajstić information content (AvgIpc) is 2.86. The quantitative estimate of drug-likeness (QED) is 0.762. The van der Waals surface area contributed by atoms with Gasteiger partial charge in [0.2, 0.25) is 0 Å². The summed E-state index contributed by atoms with van der Waals surface area (Å²) in [7, 11) is 0. The normalized spacial score (nSPS) is 10.8. The van der Waals surface area contributed by atoms with Crippen molar-refractivity contribution in [3.05, 3.63) is 35.2 Å². The Balaban J connectivity index is 1.83. The maximum Gasteiger partial charge on any atom is 0.252 e. The molecule has 0 saturated heterocycles. The lowest BCUT2D eigenvalue weighted by atomic mass is 10.2. The predicted octanol–water partition coefficient (Wildman–Crippen LogP) is 2.03. The summed E-state index contributed by atoms with van der Waals surface area (Å²) >= 11 is 1.57. The van der Waals surface area contributed by atoms with E-state index in [2.05, 4.69) is 5.32 Å². The third-order valence-corrected chi connectivity index (χ3v) is 3.67. The van der Waals surface area contributed by atoms with E-state index in [1.165, 1.54) is 0 Å². The van der Waals surface area contributed by atoms with E-state index in [1.54, 1.807) is 11.3 Å². The smallest absolute Gasteiger partial charge is 0.252 e. The maximum absolute atomic E-state index is 12.0. The van der Waals surface area contributed by atoms with Gasteiger partial charge in [-0.05, 0) is 12.5 Å². The Morgan fingerprint density at radius 1 is 1.32 bits per heavy atom. The molecule has 102 valence electrons. The van der Waals surface area contributed by atoms with Gasteiger partial charge in [0, 0.05) is 35.2 Å². The summed E-state index contributed by atoms with van der Waals surface area (Å²) in [6.45, 7) is 1.60. The van der Waals surface area contributed by atoms with Gasteiger partial charge in [0.25, 0.3) is 5.91 Å². The molecule has 0 spiro atoms. The van der Waals surface area contributed by atoms with Crippen LogP contribution < -0.4 is 5.32 Å². The Kier molecular flexibility index (Phi) is 5.32. The number of aliphatic hydroxyl groups excluding tert-OH is 1. The van der Waals surface area contributed by atoms with Crippen molar-refractivity contribution in [3.63, 3.8) is 0 Å². The highest BCUT2D eigenvalue weighted by atomic mass is 32.1. The minimum atomic E-state index is -0.0665. The Hall–Kier alpha value is -1.43. The highest BCUT2D eigenvalue weighted by molar-refractivity contribution is 7.17. The molecule has 19 heavy (non-hydrogen) atoms. The van der Waals surface area contributed by atoms with Gasteiger partial charge in [0.1, 0.15) is 0 Å². The molecule has 0 saturated carbocycles. The fraction of sp³-hybridized carbons (Fsp3) is 0.357. The number of benzene rings is 1. The SMILES string of the molecule is O=C(NCCOCCCO)c1csc2ccccc12. The topological polar surface area (TPSA) is 58.6 Å². The van der Waals surface area contributed by atoms with Crippen LogP contribution in [-0.2, 0) is 4.74 Å². The largest absolute Gasteiger partial charge is 0.396 e. The molecule has 0 fully saturated rings. The second-order valence-electron chi connectivity index (χ2n) is 4.09. The van der Waals surface area contributed by atoms with Crippen LogP contribution in [0.15, 0.2) is 29.6 Å². The van der Waals surface area contributed by atoms with Gasteiger partial charge in [-0.3, -0.25) is 4.79 Å². The molecule has 1 aromatic heterocycles. The van der Waals surface area contributed by atoms with E-state index >= 15 is 0 Å². The monoisotopic (exact) mass is 279 g/mol. The van der Waals surface area contributed by atoms with Crippen LogP contribution in [-0.4, -0.2) is 37.4 Å². The summed E-state index contributed by atoms with van der Waals surface area (Å²) in [5, 5.41) is 14.3. The summed E-state index contributed by atoms with van der Waals surface area (Å²) in [5.41, 5.74) is 0.718. The number of carbonyl (C=O) groups excluding carboxylic acids is 1. The van der Waals surface area contributed by atoms with E-state index in [9.17, 15) is 4.79 Å². The second kappa shape index (κ2) is 7.23. The number of fused-ring (bicyclic) bond motifs is 1. The molecule has 2 rings (SSSR count). The van der Waals surface area contributed by atoms with Crippen LogP contribution in [0.4, 0.5) is 0 Å². The average molecular weight is 279 g/mol. The molecular formula is C14H17NO3S. The lowest BCUT2D eigenvalue weighted by Crippen LogP contribution is -2.27. The second-order valence-corrected chi connectivity index (χ2v) is 5.00. The Labute approximate surface area is 116 Å². The van der Waals surface area contributed by atoms with Gasteiger partial charge in [-0.15, -0.1) is 11.3 Å². The fourth-order valence-electron chi connectivity index (χ4n) is 1.75. The van der Waals surface area contributed by atoms with E-state index in [4.69, 9.17) is 9.84 Å². The Bertz CT molecular complexity index is 538. The van der Waals surface area contributed by atoms with Crippen molar-refractivity contribution in [2.45, 2.75) is 6.42 Å². The third-order valence-electron chi connectivity index (χ3n) is 2.70. The Morgan fingerprint density at radius 3 is 3.00 bits per heavy atom.